The van der Waals surface area contributed by atoms with Gasteiger partial charge < -0.3 is 13.8 Å². The standard InChI is InChI=1S/C23H27N2O5P/c1-4-29-31(27,30-5-2)22-20(17-10-12-18(28-3)13-11-17)23(25-24-22)15-14-16-8-6-7-9-19(16)21(23)26/h6-13,20,25H,4-5,14-15H2,1-3H3. The molecule has 0 radical (unpaired) electrons. The van der Waals surface area contributed by atoms with Crippen molar-refractivity contribution in [1.29, 1.82) is 0 Å². The minimum Gasteiger partial charge on any atom is -0.497 e. The van der Waals surface area contributed by atoms with Gasteiger partial charge in [0.25, 0.3) is 0 Å². The molecule has 2 unspecified atom stereocenters. The molecule has 1 aliphatic heterocycles. The van der Waals surface area contributed by atoms with Gasteiger partial charge in [0.05, 0.1) is 26.2 Å². The maximum Gasteiger partial charge on any atom is 0.377 e. The lowest BCUT2D eigenvalue weighted by atomic mass is 9.69. The Morgan fingerprint density at radius 3 is 2.42 bits per heavy atom. The van der Waals surface area contributed by atoms with E-state index in [1.54, 1.807) is 21.0 Å². The molecule has 1 spiro atoms. The number of ether oxygens (including phenoxy) is 1. The van der Waals surface area contributed by atoms with Crippen LogP contribution in [0.1, 0.15) is 47.7 Å². The summed E-state index contributed by atoms with van der Waals surface area (Å²) in [6.45, 7) is 3.92. The number of hydrogen-bond acceptors (Lipinski definition) is 7. The van der Waals surface area contributed by atoms with Crippen LogP contribution in [-0.2, 0) is 20.0 Å². The van der Waals surface area contributed by atoms with Crippen LogP contribution in [0.5, 0.6) is 5.75 Å². The molecule has 31 heavy (non-hydrogen) atoms. The molecule has 2 aromatic carbocycles. The van der Waals surface area contributed by atoms with Gasteiger partial charge in [-0.2, -0.15) is 5.10 Å². The van der Waals surface area contributed by atoms with Crippen molar-refractivity contribution in [3.8, 4) is 5.75 Å². The van der Waals surface area contributed by atoms with Gasteiger partial charge in [-0.3, -0.25) is 14.8 Å². The molecular weight excluding hydrogens is 415 g/mol. The number of rotatable bonds is 7. The van der Waals surface area contributed by atoms with Crippen molar-refractivity contribution >= 4 is 18.8 Å². The van der Waals surface area contributed by atoms with Gasteiger partial charge in [-0.1, -0.05) is 36.4 Å². The highest BCUT2D eigenvalue weighted by Gasteiger charge is 2.58. The second-order valence-corrected chi connectivity index (χ2v) is 9.55. The molecule has 0 saturated carbocycles. The van der Waals surface area contributed by atoms with Crippen LogP contribution in [0.15, 0.2) is 53.6 Å². The molecule has 2 aliphatic rings. The van der Waals surface area contributed by atoms with Gasteiger partial charge in [-0.25, -0.2) is 0 Å². The van der Waals surface area contributed by atoms with Crippen LogP contribution in [0, 0.1) is 0 Å². The number of hydrazone groups is 1. The first-order valence-electron chi connectivity index (χ1n) is 10.5. The van der Waals surface area contributed by atoms with Crippen molar-refractivity contribution in [2.75, 3.05) is 20.3 Å². The summed E-state index contributed by atoms with van der Waals surface area (Å²) in [5, 5.41) is 4.45. The monoisotopic (exact) mass is 442 g/mol. The number of carbonyl (C=O) groups excluding carboxylic acids is 1. The van der Waals surface area contributed by atoms with E-state index < -0.39 is 19.1 Å². The van der Waals surface area contributed by atoms with E-state index in [2.05, 4.69) is 10.5 Å². The zero-order valence-electron chi connectivity index (χ0n) is 18.0. The Morgan fingerprint density at radius 1 is 1.10 bits per heavy atom. The SMILES string of the molecule is CCOP(=O)(OCC)C1=NNC2(CCc3ccccc3C2=O)C1c1ccc(OC)cc1. The van der Waals surface area contributed by atoms with Crippen molar-refractivity contribution in [3.05, 3.63) is 65.2 Å². The van der Waals surface area contributed by atoms with Crippen molar-refractivity contribution in [3.63, 3.8) is 0 Å². The van der Waals surface area contributed by atoms with Crippen LogP contribution in [0.25, 0.3) is 0 Å². The predicted molar refractivity (Wildman–Crippen MR) is 119 cm³/mol. The molecule has 8 heteroatoms. The molecule has 2 aromatic rings. The van der Waals surface area contributed by atoms with Crippen LogP contribution in [0.2, 0.25) is 0 Å². The fourth-order valence-electron chi connectivity index (χ4n) is 4.49. The van der Waals surface area contributed by atoms with Crippen molar-refractivity contribution in [2.45, 2.75) is 38.1 Å². The number of aryl methyl sites for hydroxylation is 1. The number of ketones is 1. The molecule has 164 valence electrons. The highest BCUT2D eigenvalue weighted by molar-refractivity contribution is 7.72. The maximum atomic E-state index is 13.8. The third kappa shape index (κ3) is 3.61. The summed E-state index contributed by atoms with van der Waals surface area (Å²) < 4.78 is 30.3. The summed E-state index contributed by atoms with van der Waals surface area (Å²) in [5.74, 6) is 0.0389. The first-order chi connectivity index (χ1) is 15.0. The van der Waals surface area contributed by atoms with Crippen LogP contribution in [0.4, 0.5) is 0 Å². The molecule has 0 fully saturated rings. The Hall–Kier alpha value is -2.47. The highest BCUT2D eigenvalue weighted by Crippen LogP contribution is 2.58. The molecule has 4 rings (SSSR count). The highest BCUT2D eigenvalue weighted by atomic mass is 31.2. The summed E-state index contributed by atoms with van der Waals surface area (Å²) in [6, 6.07) is 15.0. The van der Waals surface area contributed by atoms with E-state index in [9.17, 15) is 9.36 Å². The van der Waals surface area contributed by atoms with E-state index in [1.807, 2.05) is 48.5 Å². The molecule has 1 N–H and O–H groups in total. The summed E-state index contributed by atoms with van der Waals surface area (Å²) >= 11 is 0. The van der Waals surface area contributed by atoms with E-state index in [-0.39, 0.29) is 24.4 Å². The number of carbonyl (C=O) groups is 1. The lowest BCUT2D eigenvalue weighted by molar-refractivity contribution is 0.0826. The fraction of sp³-hybridized carbons (Fsp3) is 0.391. The van der Waals surface area contributed by atoms with Crippen LogP contribution < -0.4 is 10.2 Å². The number of fused-ring (bicyclic) bond motifs is 1. The number of benzene rings is 2. The first kappa shape index (κ1) is 21.8. The van der Waals surface area contributed by atoms with Crippen molar-refractivity contribution < 1.29 is 23.1 Å². The van der Waals surface area contributed by atoms with Gasteiger partial charge >= 0.3 is 7.60 Å². The zero-order valence-corrected chi connectivity index (χ0v) is 18.9. The number of methoxy groups -OCH3 is 1. The normalized spacial score (nSPS) is 22.7. The van der Waals surface area contributed by atoms with Crippen LogP contribution in [0.3, 0.4) is 0 Å². The lowest BCUT2D eigenvalue weighted by Gasteiger charge is -2.38. The van der Waals surface area contributed by atoms with Crippen molar-refractivity contribution in [1.82, 2.24) is 5.43 Å². The molecule has 0 amide bonds. The largest absolute Gasteiger partial charge is 0.497 e. The Morgan fingerprint density at radius 2 is 1.77 bits per heavy atom. The molecule has 0 bridgehead atoms. The van der Waals surface area contributed by atoms with Crippen LogP contribution >= 0.6 is 7.60 Å². The average Bonchev–Trinajstić information content (AvgIpc) is 3.18. The molecule has 7 nitrogen and oxygen atoms in total. The van der Waals surface area contributed by atoms with E-state index in [1.165, 1.54) is 0 Å². The van der Waals surface area contributed by atoms with Gasteiger partial charge in [0.2, 0.25) is 0 Å². The molecule has 2 atom stereocenters. The van der Waals surface area contributed by atoms with Gasteiger partial charge in [0, 0.05) is 5.56 Å². The fourth-order valence-corrected chi connectivity index (χ4v) is 6.37. The summed E-state index contributed by atoms with van der Waals surface area (Å²) in [6.07, 6.45) is 1.22. The topological polar surface area (TPSA) is 86.2 Å². The summed E-state index contributed by atoms with van der Waals surface area (Å²) in [7, 11) is -2.11. The Bertz CT molecular complexity index is 1040. The van der Waals surface area contributed by atoms with Gasteiger partial charge in [0.15, 0.2) is 11.2 Å². The third-order valence-corrected chi connectivity index (χ3v) is 8.02. The van der Waals surface area contributed by atoms with E-state index in [4.69, 9.17) is 13.8 Å². The predicted octanol–water partition coefficient (Wildman–Crippen LogP) is 4.53. The van der Waals surface area contributed by atoms with E-state index in [0.717, 1.165) is 11.1 Å². The second kappa shape index (κ2) is 8.58. The lowest BCUT2D eigenvalue weighted by Crippen LogP contribution is -2.54. The summed E-state index contributed by atoms with van der Waals surface area (Å²) in [4.78, 5) is 13.8. The quantitative estimate of drug-likeness (QED) is 0.634. The summed E-state index contributed by atoms with van der Waals surface area (Å²) in [5.41, 5.74) is 4.76. The zero-order chi connectivity index (χ0) is 22.1. The minimum atomic E-state index is -3.71. The average molecular weight is 442 g/mol. The van der Waals surface area contributed by atoms with Crippen LogP contribution in [-0.4, -0.2) is 37.1 Å². The first-order valence-corrected chi connectivity index (χ1v) is 12.0. The second-order valence-electron chi connectivity index (χ2n) is 7.58. The Labute approximate surface area is 182 Å². The molecular formula is C23H27N2O5P. The molecule has 1 heterocycles. The number of nitrogens with zero attached hydrogens (tertiary/aromatic N) is 1. The molecule has 1 aliphatic carbocycles. The minimum absolute atomic E-state index is 0.0616. The Kier molecular flexibility index (Phi) is 6.02. The molecule has 0 aromatic heterocycles. The van der Waals surface area contributed by atoms with Crippen molar-refractivity contribution in [2.24, 2.45) is 5.10 Å². The van der Waals surface area contributed by atoms with E-state index >= 15 is 0 Å². The van der Waals surface area contributed by atoms with Gasteiger partial charge in [0.1, 0.15) is 11.3 Å². The maximum absolute atomic E-state index is 13.8. The smallest absolute Gasteiger partial charge is 0.377 e. The van der Waals surface area contributed by atoms with E-state index in [0.29, 0.717) is 24.2 Å². The third-order valence-electron chi connectivity index (χ3n) is 5.90. The van der Waals surface area contributed by atoms with Gasteiger partial charge in [-0.15, -0.1) is 0 Å². The Balaban J connectivity index is 1.85. The number of hydrogen-bond donors (Lipinski definition) is 1. The number of nitrogens with one attached hydrogen (secondary N) is 1. The number of Topliss-reactive ketones (excluding diaryl/α,β-unsaturated/α-hetero) is 1. The molecule has 0 saturated heterocycles. The van der Waals surface area contributed by atoms with Gasteiger partial charge in [-0.05, 0) is 49.9 Å².